The molecule has 3 nitrogen and oxygen atoms in total. The third-order valence-electron chi connectivity index (χ3n) is 3.70. The van der Waals surface area contributed by atoms with Crippen molar-refractivity contribution in [2.75, 3.05) is 6.54 Å². The lowest BCUT2D eigenvalue weighted by Gasteiger charge is -2.14. The third-order valence-corrected chi connectivity index (χ3v) is 3.70. The SMILES string of the molecule is CC.c1ccc(CON=C(c2ccccc2)C2CCCN2)cc1. The van der Waals surface area contributed by atoms with Crippen molar-refractivity contribution in [1.82, 2.24) is 5.32 Å². The highest BCUT2D eigenvalue weighted by atomic mass is 16.6. The van der Waals surface area contributed by atoms with Crippen molar-refractivity contribution in [2.24, 2.45) is 5.16 Å². The Bertz CT molecular complexity index is 575. The van der Waals surface area contributed by atoms with E-state index in [9.17, 15) is 0 Å². The first-order valence-electron chi connectivity index (χ1n) is 8.46. The van der Waals surface area contributed by atoms with Crippen molar-refractivity contribution in [3.05, 3.63) is 71.8 Å². The molecule has 0 radical (unpaired) electrons. The van der Waals surface area contributed by atoms with Gasteiger partial charge in [0.1, 0.15) is 12.3 Å². The van der Waals surface area contributed by atoms with Gasteiger partial charge in [-0.3, -0.25) is 0 Å². The molecule has 0 bridgehead atoms. The van der Waals surface area contributed by atoms with E-state index in [1.165, 1.54) is 6.42 Å². The largest absolute Gasteiger partial charge is 0.391 e. The summed E-state index contributed by atoms with van der Waals surface area (Å²) in [5, 5.41) is 7.92. The molecule has 0 spiro atoms. The van der Waals surface area contributed by atoms with Gasteiger partial charge in [-0.05, 0) is 24.9 Å². The summed E-state index contributed by atoms with van der Waals surface area (Å²) >= 11 is 0. The lowest BCUT2D eigenvalue weighted by molar-refractivity contribution is 0.129. The molecule has 1 atom stereocenters. The number of hydrogen-bond donors (Lipinski definition) is 1. The predicted octanol–water partition coefficient (Wildman–Crippen LogP) is 4.39. The summed E-state index contributed by atoms with van der Waals surface area (Å²) in [5.74, 6) is 0. The van der Waals surface area contributed by atoms with Gasteiger partial charge in [0.15, 0.2) is 0 Å². The Balaban J connectivity index is 0.000000924. The van der Waals surface area contributed by atoms with E-state index in [1.54, 1.807) is 0 Å². The van der Waals surface area contributed by atoms with Crippen LogP contribution in [-0.2, 0) is 11.4 Å². The maximum atomic E-state index is 5.60. The zero-order valence-electron chi connectivity index (χ0n) is 14.0. The van der Waals surface area contributed by atoms with E-state index in [4.69, 9.17) is 4.84 Å². The molecule has 0 amide bonds. The van der Waals surface area contributed by atoms with Crippen molar-refractivity contribution in [3.8, 4) is 0 Å². The van der Waals surface area contributed by atoms with Crippen LogP contribution in [0.15, 0.2) is 65.8 Å². The minimum atomic E-state index is 0.295. The van der Waals surface area contributed by atoms with Gasteiger partial charge in [0.2, 0.25) is 0 Å². The molecule has 1 aliphatic rings. The lowest BCUT2D eigenvalue weighted by atomic mass is 10.0. The molecule has 1 aliphatic heterocycles. The van der Waals surface area contributed by atoms with Crippen molar-refractivity contribution in [3.63, 3.8) is 0 Å². The van der Waals surface area contributed by atoms with Crippen LogP contribution in [0.5, 0.6) is 0 Å². The van der Waals surface area contributed by atoms with Crippen LogP contribution in [0.1, 0.15) is 37.8 Å². The van der Waals surface area contributed by atoms with Gasteiger partial charge >= 0.3 is 0 Å². The van der Waals surface area contributed by atoms with Gasteiger partial charge in [0, 0.05) is 5.56 Å². The molecule has 2 aromatic carbocycles. The fourth-order valence-electron chi connectivity index (χ4n) is 2.59. The van der Waals surface area contributed by atoms with E-state index in [1.807, 2.05) is 62.4 Å². The molecule has 1 heterocycles. The third kappa shape index (κ3) is 5.22. The first-order valence-corrected chi connectivity index (χ1v) is 8.46. The Morgan fingerprint density at radius 3 is 2.30 bits per heavy atom. The summed E-state index contributed by atoms with van der Waals surface area (Å²) in [4.78, 5) is 5.60. The van der Waals surface area contributed by atoms with E-state index in [2.05, 4.69) is 22.6 Å². The molecule has 122 valence electrons. The number of hydrogen-bond acceptors (Lipinski definition) is 3. The van der Waals surface area contributed by atoms with Gasteiger partial charge in [-0.1, -0.05) is 79.7 Å². The molecular weight excluding hydrogens is 284 g/mol. The highest BCUT2D eigenvalue weighted by molar-refractivity contribution is 6.04. The lowest BCUT2D eigenvalue weighted by Crippen LogP contribution is -2.31. The molecule has 1 fully saturated rings. The van der Waals surface area contributed by atoms with Gasteiger partial charge in [-0.2, -0.15) is 0 Å². The van der Waals surface area contributed by atoms with E-state index >= 15 is 0 Å². The normalized spacial score (nSPS) is 17.3. The quantitative estimate of drug-likeness (QED) is 0.656. The van der Waals surface area contributed by atoms with Crippen LogP contribution < -0.4 is 5.32 Å². The van der Waals surface area contributed by atoms with Gasteiger partial charge in [0.05, 0.1) is 6.04 Å². The number of benzene rings is 2. The molecule has 0 saturated carbocycles. The molecule has 2 aromatic rings. The van der Waals surface area contributed by atoms with Crippen LogP contribution in [0.4, 0.5) is 0 Å². The van der Waals surface area contributed by atoms with Crippen LogP contribution >= 0.6 is 0 Å². The maximum absolute atomic E-state index is 5.60. The summed E-state index contributed by atoms with van der Waals surface area (Å²) in [6.07, 6.45) is 2.30. The zero-order valence-corrected chi connectivity index (χ0v) is 14.0. The standard InChI is InChI=1S/C18H20N2O.C2H6/c1-3-8-15(9-4-1)14-21-20-18(17-12-7-13-19-17)16-10-5-2-6-11-16;1-2/h1-6,8-11,17,19H,7,12-14H2;1-2H3. The molecular formula is C20H26N2O. The predicted molar refractivity (Wildman–Crippen MR) is 96.6 cm³/mol. The van der Waals surface area contributed by atoms with E-state index in [0.29, 0.717) is 12.6 Å². The van der Waals surface area contributed by atoms with Crippen molar-refractivity contribution in [1.29, 1.82) is 0 Å². The van der Waals surface area contributed by atoms with Crippen LogP contribution in [0, 0.1) is 0 Å². The summed E-state index contributed by atoms with van der Waals surface area (Å²) < 4.78 is 0. The minimum absolute atomic E-state index is 0.295. The minimum Gasteiger partial charge on any atom is -0.391 e. The fourth-order valence-corrected chi connectivity index (χ4v) is 2.59. The second kappa shape index (κ2) is 9.80. The number of nitrogens with zero attached hydrogens (tertiary/aromatic N) is 1. The molecule has 1 N–H and O–H groups in total. The molecule has 1 saturated heterocycles. The van der Waals surface area contributed by atoms with Crippen LogP contribution in [0.2, 0.25) is 0 Å². The summed E-state index contributed by atoms with van der Waals surface area (Å²) in [6, 6.07) is 20.7. The Hall–Kier alpha value is -2.13. The van der Waals surface area contributed by atoms with E-state index in [-0.39, 0.29) is 0 Å². The first kappa shape index (κ1) is 17.2. The number of oxime groups is 1. The van der Waals surface area contributed by atoms with E-state index < -0.39 is 0 Å². The number of rotatable bonds is 5. The molecule has 3 rings (SSSR count). The highest BCUT2D eigenvalue weighted by Crippen LogP contribution is 2.14. The topological polar surface area (TPSA) is 33.6 Å². The Morgan fingerprint density at radius 1 is 1.04 bits per heavy atom. The highest BCUT2D eigenvalue weighted by Gasteiger charge is 2.22. The summed E-state index contributed by atoms with van der Waals surface area (Å²) in [5.41, 5.74) is 3.27. The van der Waals surface area contributed by atoms with Gasteiger partial charge in [0.25, 0.3) is 0 Å². The van der Waals surface area contributed by atoms with Crippen molar-refractivity contribution < 1.29 is 4.84 Å². The van der Waals surface area contributed by atoms with Gasteiger partial charge in [-0.15, -0.1) is 0 Å². The van der Waals surface area contributed by atoms with Gasteiger partial charge < -0.3 is 10.2 Å². The Labute approximate surface area is 139 Å². The van der Waals surface area contributed by atoms with Crippen LogP contribution in [-0.4, -0.2) is 18.3 Å². The Morgan fingerprint density at radius 2 is 1.70 bits per heavy atom. The van der Waals surface area contributed by atoms with Crippen molar-refractivity contribution in [2.45, 2.75) is 39.3 Å². The summed E-state index contributed by atoms with van der Waals surface area (Å²) in [6.45, 7) is 5.55. The maximum Gasteiger partial charge on any atom is 0.142 e. The average molecular weight is 310 g/mol. The smallest absolute Gasteiger partial charge is 0.142 e. The van der Waals surface area contributed by atoms with Crippen LogP contribution in [0.25, 0.3) is 0 Å². The summed E-state index contributed by atoms with van der Waals surface area (Å²) in [7, 11) is 0. The molecule has 0 aromatic heterocycles. The Kier molecular flexibility index (Phi) is 7.34. The first-order chi connectivity index (χ1) is 11.4. The molecule has 3 heteroatoms. The second-order valence-corrected chi connectivity index (χ2v) is 5.25. The number of nitrogens with one attached hydrogen (secondary N) is 1. The average Bonchev–Trinajstić information content (AvgIpc) is 3.16. The zero-order chi connectivity index (χ0) is 16.3. The van der Waals surface area contributed by atoms with Crippen LogP contribution in [0.3, 0.4) is 0 Å². The molecule has 0 aliphatic carbocycles. The van der Waals surface area contributed by atoms with Gasteiger partial charge in [-0.25, -0.2) is 0 Å². The van der Waals surface area contributed by atoms with E-state index in [0.717, 1.165) is 29.8 Å². The van der Waals surface area contributed by atoms with Crippen molar-refractivity contribution >= 4 is 5.71 Å². The second-order valence-electron chi connectivity index (χ2n) is 5.25. The molecule has 1 unspecified atom stereocenters. The fraction of sp³-hybridized carbons (Fsp3) is 0.350. The monoisotopic (exact) mass is 310 g/mol. The molecule has 23 heavy (non-hydrogen) atoms.